The first-order chi connectivity index (χ1) is 5.16. The molecule has 0 aliphatic heterocycles. The van der Waals surface area contributed by atoms with Gasteiger partial charge in [0.2, 0.25) is 0 Å². The average molecular weight is 152 g/mol. The van der Waals surface area contributed by atoms with Crippen LogP contribution in [-0.4, -0.2) is 10.2 Å². The van der Waals surface area contributed by atoms with Crippen molar-refractivity contribution in [3.05, 3.63) is 27.2 Å². The van der Waals surface area contributed by atoms with Crippen LogP contribution in [0, 0.1) is 13.8 Å². The van der Waals surface area contributed by atoms with E-state index < -0.39 is 0 Å². The van der Waals surface area contributed by atoms with Gasteiger partial charge in [-0.15, -0.1) is 0 Å². The van der Waals surface area contributed by atoms with Gasteiger partial charge in [-0.2, -0.15) is 5.10 Å². The molecule has 0 aromatic carbocycles. The number of H-pyrrole nitrogens is 1. The Balaban J connectivity index is 3.41. The smallest absolute Gasteiger partial charge is 0.267 e. The van der Waals surface area contributed by atoms with Crippen LogP contribution in [0.4, 0.5) is 0 Å². The number of nitrogens with one attached hydrogen (secondary N) is 1. The Hall–Kier alpha value is -1.12. The van der Waals surface area contributed by atoms with Crippen LogP contribution < -0.4 is 5.56 Å². The maximum Gasteiger partial charge on any atom is 0.267 e. The molecule has 0 atom stereocenters. The SMILES string of the molecule is CCc1c(C)c(C)n[nH]c1=O. The van der Waals surface area contributed by atoms with E-state index in [-0.39, 0.29) is 5.56 Å². The topological polar surface area (TPSA) is 45.8 Å². The summed E-state index contributed by atoms with van der Waals surface area (Å²) in [5.74, 6) is 0. The van der Waals surface area contributed by atoms with Crippen LogP contribution in [0.15, 0.2) is 4.79 Å². The molecule has 1 rings (SSSR count). The molecule has 0 fully saturated rings. The fourth-order valence-electron chi connectivity index (χ4n) is 1.10. The van der Waals surface area contributed by atoms with Crippen molar-refractivity contribution in [3.63, 3.8) is 0 Å². The molecule has 11 heavy (non-hydrogen) atoms. The molecule has 0 aliphatic rings. The summed E-state index contributed by atoms with van der Waals surface area (Å²) in [5.41, 5.74) is 2.70. The van der Waals surface area contributed by atoms with Crippen molar-refractivity contribution in [2.24, 2.45) is 0 Å². The quantitative estimate of drug-likeness (QED) is 0.651. The van der Waals surface area contributed by atoms with E-state index in [1.807, 2.05) is 20.8 Å². The average Bonchev–Trinajstić information content (AvgIpc) is 1.99. The zero-order chi connectivity index (χ0) is 8.43. The van der Waals surface area contributed by atoms with Gasteiger partial charge >= 0.3 is 0 Å². The van der Waals surface area contributed by atoms with E-state index in [0.717, 1.165) is 23.2 Å². The predicted octanol–water partition coefficient (Wildman–Crippen LogP) is 0.949. The van der Waals surface area contributed by atoms with Gasteiger partial charge in [0.05, 0.1) is 5.69 Å². The summed E-state index contributed by atoms with van der Waals surface area (Å²) in [7, 11) is 0. The van der Waals surface area contributed by atoms with Gasteiger partial charge in [0.25, 0.3) is 5.56 Å². The van der Waals surface area contributed by atoms with Crippen molar-refractivity contribution in [2.45, 2.75) is 27.2 Å². The highest BCUT2D eigenvalue weighted by Crippen LogP contribution is 2.04. The summed E-state index contributed by atoms with van der Waals surface area (Å²) in [4.78, 5) is 11.1. The molecule has 3 heteroatoms. The molecule has 0 unspecified atom stereocenters. The van der Waals surface area contributed by atoms with Gasteiger partial charge in [-0.1, -0.05) is 6.92 Å². The Morgan fingerprint density at radius 3 is 2.55 bits per heavy atom. The minimum Gasteiger partial charge on any atom is -0.268 e. The van der Waals surface area contributed by atoms with E-state index in [9.17, 15) is 4.79 Å². The molecule has 60 valence electrons. The number of rotatable bonds is 1. The summed E-state index contributed by atoms with van der Waals surface area (Å²) >= 11 is 0. The van der Waals surface area contributed by atoms with Crippen molar-refractivity contribution in [1.29, 1.82) is 0 Å². The first kappa shape index (κ1) is 7.98. The standard InChI is InChI=1S/C8H12N2O/c1-4-7-5(2)6(3)9-10-8(7)11/h4H2,1-3H3,(H,10,11). The van der Waals surface area contributed by atoms with Gasteiger partial charge in [0.15, 0.2) is 0 Å². The lowest BCUT2D eigenvalue weighted by atomic mass is 10.1. The second kappa shape index (κ2) is 2.86. The maximum atomic E-state index is 11.1. The first-order valence-electron chi connectivity index (χ1n) is 3.71. The second-order valence-electron chi connectivity index (χ2n) is 2.60. The molecule has 0 bridgehead atoms. The minimum absolute atomic E-state index is 0.0596. The third-order valence-electron chi connectivity index (χ3n) is 1.95. The van der Waals surface area contributed by atoms with Crippen molar-refractivity contribution >= 4 is 0 Å². The van der Waals surface area contributed by atoms with Gasteiger partial charge in [0, 0.05) is 5.56 Å². The van der Waals surface area contributed by atoms with Gasteiger partial charge in [-0.05, 0) is 25.8 Å². The van der Waals surface area contributed by atoms with Crippen molar-refractivity contribution < 1.29 is 0 Å². The number of hydrogen-bond acceptors (Lipinski definition) is 2. The Kier molecular flexibility index (Phi) is 2.08. The summed E-state index contributed by atoms with van der Waals surface area (Å²) in [6.07, 6.45) is 0.768. The highest BCUT2D eigenvalue weighted by Gasteiger charge is 2.03. The minimum atomic E-state index is -0.0596. The third kappa shape index (κ3) is 1.31. The largest absolute Gasteiger partial charge is 0.268 e. The van der Waals surface area contributed by atoms with Gasteiger partial charge in [-0.3, -0.25) is 4.79 Å². The van der Waals surface area contributed by atoms with Crippen molar-refractivity contribution in [2.75, 3.05) is 0 Å². The summed E-state index contributed by atoms with van der Waals surface area (Å²) in [5, 5.41) is 6.30. The van der Waals surface area contributed by atoms with Gasteiger partial charge in [-0.25, -0.2) is 5.10 Å². The molecule has 1 aromatic rings. The van der Waals surface area contributed by atoms with Crippen LogP contribution in [0.25, 0.3) is 0 Å². The zero-order valence-corrected chi connectivity index (χ0v) is 7.06. The molecular weight excluding hydrogens is 140 g/mol. The zero-order valence-electron chi connectivity index (χ0n) is 7.06. The van der Waals surface area contributed by atoms with E-state index in [1.165, 1.54) is 0 Å². The molecular formula is C8H12N2O. The van der Waals surface area contributed by atoms with Crippen LogP contribution in [-0.2, 0) is 6.42 Å². The molecule has 0 saturated heterocycles. The highest BCUT2D eigenvalue weighted by atomic mass is 16.1. The maximum absolute atomic E-state index is 11.1. The number of hydrogen-bond donors (Lipinski definition) is 1. The highest BCUT2D eigenvalue weighted by molar-refractivity contribution is 5.24. The van der Waals surface area contributed by atoms with Crippen LogP contribution in [0.2, 0.25) is 0 Å². The van der Waals surface area contributed by atoms with E-state index in [2.05, 4.69) is 10.2 Å². The summed E-state index contributed by atoms with van der Waals surface area (Å²) in [6, 6.07) is 0. The fourth-order valence-corrected chi connectivity index (χ4v) is 1.10. The third-order valence-corrected chi connectivity index (χ3v) is 1.95. The van der Waals surface area contributed by atoms with Gasteiger partial charge < -0.3 is 0 Å². The van der Waals surface area contributed by atoms with E-state index in [1.54, 1.807) is 0 Å². The second-order valence-corrected chi connectivity index (χ2v) is 2.60. The Bertz CT molecular complexity index is 314. The monoisotopic (exact) mass is 152 g/mol. The molecule has 1 aromatic heterocycles. The Morgan fingerprint density at radius 2 is 2.09 bits per heavy atom. The van der Waals surface area contributed by atoms with E-state index >= 15 is 0 Å². The molecule has 1 heterocycles. The Labute approximate surface area is 65.5 Å². The van der Waals surface area contributed by atoms with Crippen LogP contribution in [0.5, 0.6) is 0 Å². The van der Waals surface area contributed by atoms with E-state index in [0.29, 0.717) is 0 Å². The predicted molar refractivity (Wildman–Crippen MR) is 43.7 cm³/mol. The molecule has 0 aliphatic carbocycles. The van der Waals surface area contributed by atoms with Crippen molar-refractivity contribution in [3.8, 4) is 0 Å². The normalized spacial score (nSPS) is 10.1. The van der Waals surface area contributed by atoms with Crippen LogP contribution in [0.1, 0.15) is 23.7 Å². The molecule has 0 amide bonds. The molecule has 3 nitrogen and oxygen atoms in total. The number of nitrogens with zero attached hydrogens (tertiary/aromatic N) is 1. The summed E-state index contributed by atoms with van der Waals surface area (Å²) < 4.78 is 0. The van der Waals surface area contributed by atoms with Crippen LogP contribution in [0.3, 0.4) is 0 Å². The lowest BCUT2D eigenvalue weighted by Gasteiger charge is -2.02. The van der Waals surface area contributed by atoms with Crippen LogP contribution >= 0.6 is 0 Å². The Morgan fingerprint density at radius 1 is 1.45 bits per heavy atom. The lowest BCUT2D eigenvalue weighted by Crippen LogP contribution is -2.16. The lowest BCUT2D eigenvalue weighted by molar-refractivity contribution is 0.884. The molecule has 0 radical (unpaired) electrons. The van der Waals surface area contributed by atoms with Crippen molar-refractivity contribution in [1.82, 2.24) is 10.2 Å². The first-order valence-corrected chi connectivity index (χ1v) is 3.71. The number of aromatic amines is 1. The molecule has 0 saturated carbocycles. The van der Waals surface area contributed by atoms with Gasteiger partial charge in [0.1, 0.15) is 0 Å². The number of aromatic nitrogens is 2. The molecule has 0 spiro atoms. The number of aryl methyl sites for hydroxylation is 1. The van der Waals surface area contributed by atoms with E-state index in [4.69, 9.17) is 0 Å². The molecule has 1 N–H and O–H groups in total. The fraction of sp³-hybridized carbons (Fsp3) is 0.500. The summed E-state index contributed by atoms with van der Waals surface area (Å²) in [6.45, 7) is 5.79.